The number of hydrogen-bond donors (Lipinski definition) is 0. The molecule has 342 valence electrons. The molecule has 0 bridgehead atoms. The molecule has 14 heteroatoms. The Morgan fingerprint density at radius 3 is 1.18 bits per heavy atom. The molecule has 3 aromatic carbocycles. The Morgan fingerprint density at radius 2 is 0.848 bits per heavy atom. The predicted octanol–water partition coefficient (Wildman–Crippen LogP) is 4.86. The van der Waals surface area contributed by atoms with Crippen molar-refractivity contribution in [3.63, 3.8) is 0 Å². The number of thioether (sulfide) groups is 2. The quantitative estimate of drug-likeness (QED) is 0.0396. The maximum atomic E-state index is 14.3. The van der Waals surface area contributed by atoms with E-state index in [0.717, 1.165) is 53.2 Å². The molecule has 0 N–H and O–H groups in total. The molecule has 0 aliphatic rings. The first-order valence-electron chi connectivity index (χ1n) is 21.1. The Kier molecular flexibility index (Phi) is 19.8. The highest BCUT2D eigenvalue weighted by Gasteiger charge is 2.34. The summed E-state index contributed by atoms with van der Waals surface area (Å²) >= 11 is 6.11. The van der Waals surface area contributed by atoms with Crippen LogP contribution in [0.15, 0.2) is 130 Å². The van der Waals surface area contributed by atoms with Crippen LogP contribution < -0.4 is 57.1 Å². The lowest BCUT2D eigenvalue weighted by Gasteiger charge is -2.10. The number of ether oxygens (including phenoxy) is 2. The van der Waals surface area contributed by atoms with Gasteiger partial charge in [-0.3, -0.25) is 19.2 Å². The number of halogens is 2. The van der Waals surface area contributed by atoms with Crippen molar-refractivity contribution < 1.29 is 85.7 Å². The van der Waals surface area contributed by atoms with Gasteiger partial charge < -0.3 is 57.4 Å². The monoisotopic (exact) mass is 1180 g/mol. The number of ketones is 2. The van der Waals surface area contributed by atoms with E-state index in [0.29, 0.717) is 43.5 Å². The van der Waals surface area contributed by atoms with Crippen LogP contribution in [0.4, 0.5) is 0 Å². The lowest BCUT2D eigenvalue weighted by atomic mass is 10.0. The lowest BCUT2D eigenvalue weighted by Crippen LogP contribution is -3.00. The van der Waals surface area contributed by atoms with Crippen LogP contribution in [0.2, 0.25) is 0 Å². The molecule has 0 atom stereocenters. The second-order valence-corrected chi connectivity index (χ2v) is 19.9. The van der Waals surface area contributed by atoms with Gasteiger partial charge in [-0.2, -0.15) is 9.13 Å². The van der Waals surface area contributed by atoms with Crippen LogP contribution in [0.3, 0.4) is 0 Å². The number of carbonyl (C=O) groups excluding carboxylic acids is 4. The second kappa shape index (κ2) is 24.7. The molecule has 4 aromatic heterocycles. The smallest absolute Gasteiger partial charge is 0.310 e. The first kappa shape index (κ1) is 52.8. The van der Waals surface area contributed by atoms with Gasteiger partial charge in [0.1, 0.15) is 8.42 Å². The third kappa shape index (κ3) is 12.9. The molecule has 4 heterocycles. The van der Waals surface area contributed by atoms with Gasteiger partial charge in [0.2, 0.25) is 22.9 Å². The summed E-state index contributed by atoms with van der Waals surface area (Å²) < 4.78 is 16.8. The van der Waals surface area contributed by atoms with Crippen LogP contribution in [0, 0.1) is 27.7 Å². The molecule has 7 aromatic rings. The Bertz CT molecular complexity index is 2610. The van der Waals surface area contributed by atoms with E-state index in [4.69, 9.17) is 9.47 Å². The number of aromatic nitrogens is 2. The van der Waals surface area contributed by atoms with E-state index < -0.39 is 11.9 Å². The molecule has 0 radical (unpaired) electrons. The average Bonchev–Trinajstić information content (AvgIpc) is 3.82. The van der Waals surface area contributed by atoms with Gasteiger partial charge in [-0.25, -0.2) is 0 Å². The zero-order valence-electron chi connectivity index (χ0n) is 37.5. The molecular formula is C52H50I2N2O6S4. The van der Waals surface area contributed by atoms with E-state index in [1.54, 1.807) is 61.6 Å². The van der Waals surface area contributed by atoms with E-state index in [-0.39, 0.29) is 85.6 Å². The minimum atomic E-state index is -0.390. The minimum absolute atomic E-state index is 0. The highest BCUT2D eigenvalue weighted by Crippen LogP contribution is 2.43. The van der Waals surface area contributed by atoms with Crippen LogP contribution in [0.5, 0.6) is 0 Å². The summed E-state index contributed by atoms with van der Waals surface area (Å²) in [6.07, 6.45) is 8.05. The number of pyridine rings is 2. The predicted molar refractivity (Wildman–Crippen MR) is 257 cm³/mol. The number of esters is 2. The van der Waals surface area contributed by atoms with Crippen LogP contribution in [-0.2, 0) is 43.4 Å². The van der Waals surface area contributed by atoms with Crippen molar-refractivity contribution in [3.05, 3.63) is 187 Å². The first-order chi connectivity index (χ1) is 30.9. The maximum Gasteiger partial charge on any atom is 0.310 e. The van der Waals surface area contributed by atoms with Crippen LogP contribution in [0.1, 0.15) is 88.8 Å². The number of hydrogen-bond acceptors (Lipinski definition) is 10. The van der Waals surface area contributed by atoms with Crippen LogP contribution >= 0.6 is 46.2 Å². The van der Waals surface area contributed by atoms with Crippen molar-refractivity contribution in [2.45, 2.75) is 74.3 Å². The average molecular weight is 1180 g/mol. The normalized spacial score (nSPS) is 10.8. The molecule has 7 rings (SSSR count). The Balaban J connectivity index is 0.00000408. The SMILES string of the molecule is CCOC(=O)Cc1c(C(=O)c2ccccc2)sc(SCc2ccccc2CSc2sc(C(=O)c3ccccc3)c(CC(=O)OCC)c2-[n+]2cc(C)cc(C)c2)c1-[n+]1cc(C)cc(C)c1.[I-].[I-]. The fourth-order valence-corrected chi connectivity index (χ4v) is 12.9. The van der Waals surface area contributed by atoms with Crippen molar-refractivity contribution in [3.8, 4) is 11.4 Å². The Hall–Kier alpha value is -4.20. The molecule has 8 nitrogen and oxygen atoms in total. The van der Waals surface area contributed by atoms with Crippen LogP contribution in [-0.4, -0.2) is 36.7 Å². The highest BCUT2D eigenvalue weighted by molar-refractivity contribution is 8.01. The van der Waals surface area contributed by atoms with Gasteiger partial charge >= 0.3 is 11.9 Å². The van der Waals surface area contributed by atoms with Gasteiger partial charge in [0.25, 0.3) is 0 Å². The number of rotatable bonds is 18. The van der Waals surface area contributed by atoms with Gasteiger partial charge in [-0.15, -0.1) is 46.2 Å². The van der Waals surface area contributed by atoms with Crippen molar-refractivity contribution in [2.24, 2.45) is 0 Å². The summed E-state index contributed by atoms with van der Waals surface area (Å²) in [6.45, 7) is 12.2. The molecule has 0 unspecified atom stereocenters. The maximum absolute atomic E-state index is 14.3. The molecule has 66 heavy (non-hydrogen) atoms. The molecule has 0 fully saturated rings. The number of thiophene rings is 2. The Morgan fingerprint density at radius 1 is 0.515 bits per heavy atom. The minimum Gasteiger partial charge on any atom is -1.00 e. The summed E-state index contributed by atoms with van der Waals surface area (Å²) in [7, 11) is 0. The second-order valence-electron chi connectivity index (χ2n) is 15.4. The molecule has 0 saturated heterocycles. The number of aryl methyl sites for hydroxylation is 4. The fraction of sp³-hybridized carbons (Fsp3) is 0.231. The highest BCUT2D eigenvalue weighted by atomic mass is 127. The van der Waals surface area contributed by atoms with Crippen molar-refractivity contribution in [2.75, 3.05) is 13.2 Å². The van der Waals surface area contributed by atoms with Gasteiger partial charge in [0, 0.05) is 44.9 Å². The zero-order valence-corrected chi connectivity index (χ0v) is 45.1. The third-order valence-electron chi connectivity index (χ3n) is 10.3. The fourth-order valence-electron chi connectivity index (χ4n) is 7.64. The molecular weight excluding hydrogens is 1130 g/mol. The molecule has 0 amide bonds. The molecule has 0 aliphatic heterocycles. The summed E-state index contributed by atoms with van der Waals surface area (Å²) in [5.74, 6) is 0.114. The van der Waals surface area contributed by atoms with Crippen molar-refractivity contribution in [1.29, 1.82) is 0 Å². The van der Waals surface area contributed by atoms with Crippen molar-refractivity contribution >= 4 is 69.7 Å². The molecule has 0 aliphatic carbocycles. The van der Waals surface area contributed by atoms with Crippen molar-refractivity contribution in [1.82, 2.24) is 0 Å². The summed E-state index contributed by atoms with van der Waals surface area (Å²) in [5.41, 5.74) is 10.4. The van der Waals surface area contributed by atoms with E-state index >= 15 is 0 Å². The number of carbonyl (C=O) groups is 4. The molecule has 0 saturated carbocycles. The van der Waals surface area contributed by atoms with E-state index in [9.17, 15) is 19.2 Å². The van der Waals surface area contributed by atoms with E-state index in [1.807, 2.05) is 110 Å². The topological polar surface area (TPSA) is 94.5 Å². The Labute approximate surface area is 437 Å². The summed E-state index contributed by atoms with van der Waals surface area (Å²) in [5, 5.41) is 0. The lowest BCUT2D eigenvalue weighted by molar-refractivity contribution is -0.599. The van der Waals surface area contributed by atoms with Gasteiger partial charge in [0.05, 0.1) is 46.9 Å². The summed E-state index contributed by atoms with van der Waals surface area (Å²) in [6, 6.07) is 30.9. The van der Waals surface area contributed by atoms with Crippen LogP contribution in [0.25, 0.3) is 11.4 Å². The number of benzene rings is 3. The number of nitrogens with zero attached hydrogens (tertiary/aromatic N) is 2. The van der Waals surface area contributed by atoms with Gasteiger partial charge in [0.15, 0.2) is 24.8 Å². The standard InChI is InChI=1S/C52H50N2O6S4.2HI/c1-7-59-43(55)25-41-45(53-27-33(3)23-34(4)28-53)51(63-49(41)47(57)37-17-11-9-12-18-37)61-31-39-21-15-16-22-40(39)32-62-52-46(54-29-35(5)24-36(6)30-54)42(26-44(56)60-8-2)50(64-52)48(58)38-19-13-10-14-20-38;;/h9-24,27-30H,7-8,25-26,31-32H2,1-6H3;2*1H/q+2;;/p-2. The summed E-state index contributed by atoms with van der Waals surface area (Å²) in [4.78, 5) is 56.1. The first-order valence-corrected chi connectivity index (χ1v) is 24.7. The largest absolute Gasteiger partial charge is 1.00 e. The van der Waals surface area contributed by atoms with E-state index in [1.165, 1.54) is 22.7 Å². The van der Waals surface area contributed by atoms with E-state index in [2.05, 4.69) is 24.3 Å². The van der Waals surface area contributed by atoms with Gasteiger partial charge in [-0.05, 0) is 64.8 Å². The third-order valence-corrected chi connectivity index (χ3v) is 15.3. The molecule has 0 spiro atoms. The zero-order chi connectivity index (χ0) is 45.3. The van der Waals surface area contributed by atoms with Gasteiger partial charge in [-0.1, -0.05) is 84.9 Å².